The van der Waals surface area contributed by atoms with Gasteiger partial charge in [0.15, 0.2) is 5.75 Å². The van der Waals surface area contributed by atoms with E-state index in [2.05, 4.69) is 0 Å². The van der Waals surface area contributed by atoms with Crippen molar-refractivity contribution in [3.8, 4) is 11.5 Å². The lowest BCUT2D eigenvalue weighted by Gasteiger charge is -1.95. The monoisotopic (exact) mass is 267 g/mol. The Balaban J connectivity index is 2.01. The molecule has 3 nitrogen and oxygen atoms in total. The second-order valence-corrected chi connectivity index (χ2v) is 4.37. The van der Waals surface area contributed by atoms with Gasteiger partial charge in [-0.2, -0.15) is 0 Å². The van der Waals surface area contributed by atoms with Crippen LogP contribution in [0.15, 0.2) is 54.6 Å². The number of rotatable bonds is 4. The first-order valence-electron chi connectivity index (χ1n) is 4.88. The topological polar surface area (TPSA) is 35.5 Å². The van der Waals surface area contributed by atoms with Gasteiger partial charge < -0.3 is 0 Å². The minimum absolute atomic E-state index is 0.339. The summed E-state index contributed by atoms with van der Waals surface area (Å²) in [5.74, 6) is 0.826. The molecule has 2 aromatic carbocycles. The molecule has 1 unspecified atom stereocenters. The van der Waals surface area contributed by atoms with Crippen LogP contribution >= 0.6 is 19.9 Å². The van der Waals surface area contributed by atoms with E-state index in [0.29, 0.717) is 16.5 Å². The first kappa shape index (κ1) is 11.9. The van der Waals surface area contributed by atoms with E-state index in [1.807, 2.05) is 6.07 Å². The van der Waals surface area contributed by atoms with E-state index >= 15 is 0 Å². The summed E-state index contributed by atoms with van der Waals surface area (Å²) in [7, 11) is -2.28. The smallest absolute Gasteiger partial charge is 0.222 e. The van der Waals surface area contributed by atoms with Crippen molar-refractivity contribution < 1.29 is 13.6 Å². The molecule has 0 spiro atoms. The third-order valence-electron chi connectivity index (χ3n) is 1.93. The number of hydrogen-bond donors (Lipinski definition) is 0. The van der Waals surface area contributed by atoms with Crippen LogP contribution in [0.5, 0.6) is 11.5 Å². The van der Waals surface area contributed by atoms with Crippen LogP contribution in [-0.4, -0.2) is 0 Å². The van der Waals surface area contributed by atoms with Gasteiger partial charge >= 0.3 is 8.25 Å². The molecular weight excluding hydrogens is 259 g/mol. The molecule has 0 aromatic heterocycles. The van der Waals surface area contributed by atoms with Crippen LogP contribution in [-0.2, 0) is 4.57 Å². The molecule has 0 bridgehead atoms. The predicted molar refractivity (Wildman–Crippen MR) is 66.8 cm³/mol. The van der Waals surface area contributed by atoms with Crippen LogP contribution in [0.3, 0.4) is 0 Å². The molecular formula is C12H9ClO3P+. The predicted octanol–water partition coefficient (Wildman–Crippen LogP) is 4.46. The molecule has 0 heterocycles. The summed E-state index contributed by atoms with van der Waals surface area (Å²) >= 11 is 5.86. The van der Waals surface area contributed by atoms with Gasteiger partial charge in [0, 0.05) is 4.57 Å². The molecule has 5 heteroatoms. The number of para-hydroxylation sites is 2. The third-order valence-corrected chi connectivity index (χ3v) is 2.95. The average Bonchev–Trinajstić information content (AvgIpc) is 2.33. The molecule has 0 aliphatic heterocycles. The first-order valence-corrected chi connectivity index (χ1v) is 6.36. The average molecular weight is 268 g/mol. The molecule has 17 heavy (non-hydrogen) atoms. The Morgan fingerprint density at radius 1 is 0.882 bits per heavy atom. The number of hydrogen-bond acceptors (Lipinski definition) is 3. The summed E-state index contributed by atoms with van der Waals surface area (Å²) in [5, 5.41) is 0.396. The molecule has 2 rings (SSSR count). The molecule has 0 fully saturated rings. The van der Waals surface area contributed by atoms with Crippen molar-refractivity contribution in [2.24, 2.45) is 0 Å². The second-order valence-electron chi connectivity index (χ2n) is 3.15. The van der Waals surface area contributed by atoms with Gasteiger partial charge in [0.05, 0.1) is 5.02 Å². The normalized spacial score (nSPS) is 10.8. The molecule has 0 saturated heterocycles. The van der Waals surface area contributed by atoms with E-state index in [1.165, 1.54) is 0 Å². The highest BCUT2D eigenvalue weighted by atomic mass is 35.5. The van der Waals surface area contributed by atoms with Gasteiger partial charge in [0.1, 0.15) is 0 Å². The van der Waals surface area contributed by atoms with Gasteiger partial charge in [-0.15, -0.1) is 0 Å². The Bertz CT molecular complexity index is 516. The molecule has 0 aliphatic carbocycles. The van der Waals surface area contributed by atoms with Crippen molar-refractivity contribution in [3.05, 3.63) is 59.6 Å². The summed E-state index contributed by atoms with van der Waals surface area (Å²) in [4.78, 5) is 0. The molecule has 1 atom stereocenters. The third kappa shape index (κ3) is 3.45. The van der Waals surface area contributed by atoms with Crippen LogP contribution in [0.4, 0.5) is 0 Å². The van der Waals surface area contributed by atoms with E-state index in [4.69, 9.17) is 20.6 Å². The van der Waals surface area contributed by atoms with Crippen molar-refractivity contribution >= 4 is 19.9 Å². The van der Waals surface area contributed by atoms with Crippen molar-refractivity contribution in [2.45, 2.75) is 0 Å². The molecule has 0 radical (unpaired) electrons. The molecule has 2 aromatic rings. The van der Waals surface area contributed by atoms with Crippen LogP contribution < -0.4 is 9.05 Å². The fourth-order valence-electron chi connectivity index (χ4n) is 1.19. The van der Waals surface area contributed by atoms with Gasteiger partial charge in [-0.25, -0.2) is 9.05 Å². The van der Waals surface area contributed by atoms with E-state index in [-0.39, 0.29) is 0 Å². The van der Waals surface area contributed by atoms with E-state index < -0.39 is 8.25 Å². The van der Waals surface area contributed by atoms with Crippen LogP contribution in [0, 0.1) is 0 Å². The summed E-state index contributed by atoms with van der Waals surface area (Å²) in [6.07, 6.45) is 0. The molecule has 86 valence electrons. The quantitative estimate of drug-likeness (QED) is 0.768. The Kier molecular flexibility index (Phi) is 3.97. The zero-order chi connectivity index (χ0) is 12.1. The standard InChI is InChI=1S/C12H9ClO3P/c13-11-8-4-5-9-12(11)16-17(14)15-10-6-2-1-3-7-10/h1-9H/q+1. The highest BCUT2D eigenvalue weighted by molar-refractivity contribution is 7.34. The van der Waals surface area contributed by atoms with E-state index in [1.54, 1.807) is 48.5 Å². The van der Waals surface area contributed by atoms with Crippen molar-refractivity contribution in [1.29, 1.82) is 0 Å². The zero-order valence-electron chi connectivity index (χ0n) is 8.75. The summed E-state index contributed by atoms with van der Waals surface area (Å²) in [5.41, 5.74) is 0. The van der Waals surface area contributed by atoms with Gasteiger partial charge in [0.2, 0.25) is 5.75 Å². The maximum atomic E-state index is 11.6. The fourth-order valence-corrected chi connectivity index (χ4v) is 2.06. The van der Waals surface area contributed by atoms with Crippen LogP contribution in [0.1, 0.15) is 0 Å². The maximum absolute atomic E-state index is 11.6. The Labute approximate surface area is 105 Å². The molecule has 0 saturated carbocycles. The van der Waals surface area contributed by atoms with Crippen molar-refractivity contribution in [3.63, 3.8) is 0 Å². The molecule has 0 N–H and O–H groups in total. The Morgan fingerprint density at radius 2 is 1.53 bits per heavy atom. The van der Waals surface area contributed by atoms with Gasteiger partial charge in [-0.3, -0.25) is 0 Å². The second kappa shape index (κ2) is 5.67. The van der Waals surface area contributed by atoms with Crippen molar-refractivity contribution in [2.75, 3.05) is 0 Å². The molecule has 0 amide bonds. The van der Waals surface area contributed by atoms with E-state index in [9.17, 15) is 4.57 Å². The van der Waals surface area contributed by atoms with Crippen LogP contribution in [0.25, 0.3) is 0 Å². The van der Waals surface area contributed by atoms with Gasteiger partial charge in [0.25, 0.3) is 0 Å². The molecule has 0 aliphatic rings. The van der Waals surface area contributed by atoms with E-state index in [0.717, 1.165) is 0 Å². The lowest BCUT2D eigenvalue weighted by Crippen LogP contribution is -1.89. The lowest BCUT2D eigenvalue weighted by atomic mass is 10.3. The SMILES string of the molecule is O=[P+](Oc1ccccc1)Oc1ccccc1Cl. The summed E-state index contributed by atoms with van der Waals surface area (Å²) in [6, 6.07) is 15.6. The first-order chi connectivity index (χ1) is 8.25. The highest BCUT2D eigenvalue weighted by Gasteiger charge is 2.25. The lowest BCUT2D eigenvalue weighted by molar-refractivity contribution is 0.415. The minimum Gasteiger partial charge on any atom is -0.222 e. The van der Waals surface area contributed by atoms with Crippen molar-refractivity contribution in [1.82, 2.24) is 0 Å². The minimum atomic E-state index is -2.28. The Hall–Kier alpha value is -1.57. The summed E-state index contributed by atoms with van der Waals surface area (Å²) < 4.78 is 21.8. The Morgan fingerprint density at radius 3 is 2.24 bits per heavy atom. The fraction of sp³-hybridized carbons (Fsp3) is 0. The largest absolute Gasteiger partial charge is 0.805 e. The van der Waals surface area contributed by atoms with Gasteiger partial charge in [-0.05, 0) is 24.3 Å². The van der Waals surface area contributed by atoms with Crippen LogP contribution in [0.2, 0.25) is 5.02 Å². The zero-order valence-corrected chi connectivity index (χ0v) is 10.4. The van der Waals surface area contributed by atoms with Gasteiger partial charge in [-0.1, -0.05) is 41.9 Å². The maximum Gasteiger partial charge on any atom is 0.805 e. The number of halogens is 1. The highest BCUT2D eigenvalue weighted by Crippen LogP contribution is 2.34. The number of benzene rings is 2. The summed E-state index contributed by atoms with van der Waals surface area (Å²) in [6.45, 7) is 0.